The van der Waals surface area contributed by atoms with Crippen molar-refractivity contribution in [3.63, 3.8) is 0 Å². The molecular weight excluding hydrogens is 414 g/mol. The lowest BCUT2D eigenvalue weighted by Gasteiger charge is -2.11. The van der Waals surface area contributed by atoms with Gasteiger partial charge in [0.2, 0.25) is 0 Å². The van der Waals surface area contributed by atoms with Crippen LogP contribution in [-0.2, 0) is 0 Å². The molecule has 4 aromatic heterocycles. The lowest BCUT2D eigenvalue weighted by atomic mass is 9.99. The Labute approximate surface area is 193 Å². The molecule has 0 aliphatic carbocycles. The van der Waals surface area contributed by atoms with E-state index in [4.69, 9.17) is 4.98 Å². The summed E-state index contributed by atoms with van der Waals surface area (Å²) in [5.74, 6) is 0. The van der Waals surface area contributed by atoms with E-state index in [9.17, 15) is 0 Å². The predicted molar refractivity (Wildman–Crippen MR) is 142 cm³/mol. The Morgan fingerprint density at radius 3 is 1.97 bits per heavy atom. The van der Waals surface area contributed by atoms with Crippen LogP contribution >= 0.6 is 0 Å². The van der Waals surface area contributed by atoms with Crippen molar-refractivity contribution in [2.75, 3.05) is 0 Å². The summed E-state index contributed by atoms with van der Waals surface area (Å²) in [6.07, 6.45) is 0. The number of aromatic nitrogens is 3. The molecule has 34 heavy (non-hydrogen) atoms. The number of imidazole rings is 1. The molecule has 0 spiro atoms. The Hall–Kier alpha value is -4.63. The van der Waals surface area contributed by atoms with Crippen LogP contribution in [0.15, 0.2) is 103 Å². The summed E-state index contributed by atoms with van der Waals surface area (Å²) < 4.78 is 4.78. The second kappa shape index (κ2) is 5.64. The van der Waals surface area contributed by atoms with E-state index in [0.717, 1.165) is 16.7 Å². The van der Waals surface area contributed by atoms with Gasteiger partial charge in [-0.25, -0.2) is 4.98 Å². The van der Waals surface area contributed by atoms with Gasteiger partial charge in [-0.05, 0) is 36.4 Å². The van der Waals surface area contributed by atoms with E-state index in [1.165, 1.54) is 59.8 Å². The highest BCUT2D eigenvalue weighted by atomic mass is 15.0. The largest absolute Gasteiger partial charge is 0.308 e. The van der Waals surface area contributed by atoms with Crippen LogP contribution in [0.2, 0.25) is 0 Å². The van der Waals surface area contributed by atoms with Crippen molar-refractivity contribution in [3.8, 4) is 0 Å². The second-order valence-corrected chi connectivity index (χ2v) is 9.21. The summed E-state index contributed by atoms with van der Waals surface area (Å²) in [7, 11) is 0. The Bertz CT molecular complexity index is 2280. The molecule has 0 saturated heterocycles. The zero-order valence-electron chi connectivity index (χ0n) is 18.2. The normalized spacial score (nSPS) is 12.7. The molecule has 0 fully saturated rings. The topological polar surface area (TPSA) is 21.7 Å². The lowest BCUT2D eigenvalue weighted by molar-refractivity contribution is 1.31. The Morgan fingerprint density at radius 2 is 1.09 bits per heavy atom. The smallest absolute Gasteiger partial charge is 0.146 e. The van der Waals surface area contributed by atoms with Crippen molar-refractivity contribution in [3.05, 3.63) is 103 Å². The standard InChI is InChI=1S/C31H17N3/c1-4-13-24-18(8-1)19-10-7-11-21-29-27(33(24)30(19)21)17-16-22-28(29)20-9-2-5-14-25(20)34-26-15-6-3-12-23(26)32-31(22)34/h1-17H. The maximum Gasteiger partial charge on any atom is 0.146 e. The quantitative estimate of drug-likeness (QED) is 0.223. The van der Waals surface area contributed by atoms with Gasteiger partial charge >= 0.3 is 0 Å². The molecule has 9 aromatic rings. The third kappa shape index (κ3) is 1.78. The zero-order chi connectivity index (χ0) is 22.0. The molecule has 0 radical (unpaired) electrons. The molecule has 4 heterocycles. The van der Waals surface area contributed by atoms with Crippen molar-refractivity contribution >= 4 is 76.5 Å². The van der Waals surface area contributed by atoms with Crippen LogP contribution < -0.4 is 0 Å². The molecule has 3 heteroatoms. The van der Waals surface area contributed by atoms with E-state index >= 15 is 0 Å². The third-order valence-electron chi connectivity index (χ3n) is 7.60. The number of benzene rings is 5. The molecule has 0 bridgehead atoms. The van der Waals surface area contributed by atoms with Crippen LogP contribution in [0.1, 0.15) is 0 Å². The van der Waals surface area contributed by atoms with E-state index in [1.807, 2.05) is 0 Å². The van der Waals surface area contributed by atoms with E-state index in [1.54, 1.807) is 0 Å². The van der Waals surface area contributed by atoms with Crippen molar-refractivity contribution in [2.24, 2.45) is 0 Å². The molecule has 9 rings (SSSR count). The minimum absolute atomic E-state index is 1.02. The highest BCUT2D eigenvalue weighted by molar-refractivity contribution is 6.33. The van der Waals surface area contributed by atoms with Gasteiger partial charge in [0.1, 0.15) is 5.65 Å². The summed E-state index contributed by atoms with van der Waals surface area (Å²) in [6, 6.07) is 37.2. The molecule has 0 aliphatic heterocycles. The van der Waals surface area contributed by atoms with Gasteiger partial charge in [0.15, 0.2) is 0 Å². The summed E-state index contributed by atoms with van der Waals surface area (Å²) in [5.41, 5.74) is 8.22. The molecule has 0 amide bonds. The number of hydrogen-bond donors (Lipinski definition) is 0. The van der Waals surface area contributed by atoms with Gasteiger partial charge < -0.3 is 4.40 Å². The van der Waals surface area contributed by atoms with Gasteiger partial charge in [-0.15, -0.1) is 0 Å². The highest BCUT2D eigenvalue weighted by Crippen LogP contribution is 2.44. The van der Waals surface area contributed by atoms with Crippen LogP contribution in [0, 0.1) is 0 Å². The first-order valence-corrected chi connectivity index (χ1v) is 11.7. The third-order valence-corrected chi connectivity index (χ3v) is 7.60. The van der Waals surface area contributed by atoms with Crippen molar-refractivity contribution in [1.29, 1.82) is 0 Å². The fraction of sp³-hybridized carbons (Fsp3) is 0. The van der Waals surface area contributed by atoms with Crippen molar-refractivity contribution < 1.29 is 0 Å². The first kappa shape index (κ1) is 16.9. The number of rotatable bonds is 0. The van der Waals surface area contributed by atoms with Crippen LogP contribution in [-0.4, -0.2) is 13.8 Å². The average Bonchev–Trinajstić information content (AvgIpc) is 3.55. The van der Waals surface area contributed by atoms with Crippen molar-refractivity contribution in [1.82, 2.24) is 13.8 Å². The zero-order valence-corrected chi connectivity index (χ0v) is 18.2. The van der Waals surface area contributed by atoms with E-state index in [0.29, 0.717) is 0 Å². The van der Waals surface area contributed by atoms with Crippen LogP contribution in [0.4, 0.5) is 0 Å². The van der Waals surface area contributed by atoms with Gasteiger partial charge in [-0.2, -0.15) is 0 Å². The highest BCUT2D eigenvalue weighted by Gasteiger charge is 2.21. The van der Waals surface area contributed by atoms with Crippen LogP contribution in [0.25, 0.3) is 76.5 Å². The number of pyridine rings is 1. The number of hydrogen-bond acceptors (Lipinski definition) is 1. The fourth-order valence-electron chi connectivity index (χ4n) is 6.32. The van der Waals surface area contributed by atoms with E-state index in [2.05, 4.69) is 112 Å². The molecule has 156 valence electrons. The first-order valence-electron chi connectivity index (χ1n) is 11.7. The molecule has 0 N–H and O–H groups in total. The van der Waals surface area contributed by atoms with Gasteiger partial charge in [0.25, 0.3) is 0 Å². The van der Waals surface area contributed by atoms with E-state index in [-0.39, 0.29) is 0 Å². The summed E-state index contributed by atoms with van der Waals surface area (Å²) in [5, 5.41) is 8.99. The lowest BCUT2D eigenvalue weighted by Crippen LogP contribution is -1.92. The van der Waals surface area contributed by atoms with Gasteiger partial charge in [0.05, 0.1) is 33.1 Å². The predicted octanol–water partition coefficient (Wildman–Crippen LogP) is 7.94. The molecule has 0 unspecified atom stereocenters. The number of fused-ring (bicyclic) bond motifs is 15. The number of para-hydroxylation sites is 5. The van der Waals surface area contributed by atoms with Gasteiger partial charge in [-0.3, -0.25) is 4.40 Å². The van der Waals surface area contributed by atoms with E-state index < -0.39 is 0 Å². The average molecular weight is 431 g/mol. The summed E-state index contributed by atoms with van der Waals surface area (Å²) in [6.45, 7) is 0. The van der Waals surface area contributed by atoms with Crippen LogP contribution in [0.3, 0.4) is 0 Å². The first-order chi connectivity index (χ1) is 16.9. The molecule has 0 atom stereocenters. The molecule has 0 saturated carbocycles. The Balaban J connectivity index is 1.67. The van der Waals surface area contributed by atoms with Gasteiger partial charge in [0, 0.05) is 37.7 Å². The Morgan fingerprint density at radius 1 is 0.412 bits per heavy atom. The maximum absolute atomic E-state index is 5.11. The molecule has 3 nitrogen and oxygen atoms in total. The van der Waals surface area contributed by atoms with Crippen molar-refractivity contribution in [2.45, 2.75) is 0 Å². The second-order valence-electron chi connectivity index (χ2n) is 9.21. The van der Waals surface area contributed by atoms with Gasteiger partial charge in [-0.1, -0.05) is 66.7 Å². The minimum atomic E-state index is 1.02. The summed E-state index contributed by atoms with van der Waals surface area (Å²) >= 11 is 0. The molecular formula is C31H17N3. The minimum Gasteiger partial charge on any atom is -0.308 e. The Kier molecular flexibility index (Phi) is 2.81. The fourth-order valence-corrected chi connectivity index (χ4v) is 6.32. The monoisotopic (exact) mass is 431 g/mol. The SMILES string of the molecule is c1ccc2c(c1)nc1c3ccc4c(c5cccc6c7ccccc7n4c65)c3c3ccccc3n21. The number of nitrogens with zero attached hydrogens (tertiary/aromatic N) is 3. The van der Waals surface area contributed by atoms with Crippen LogP contribution in [0.5, 0.6) is 0 Å². The molecule has 5 aromatic carbocycles. The molecule has 0 aliphatic rings. The maximum atomic E-state index is 5.11. The summed E-state index contributed by atoms with van der Waals surface area (Å²) in [4.78, 5) is 5.11.